The van der Waals surface area contributed by atoms with Crippen LogP contribution in [0, 0.1) is 0 Å². The van der Waals surface area contributed by atoms with Crippen molar-refractivity contribution in [1.29, 1.82) is 0 Å². The first-order valence-corrected chi connectivity index (χ1v) is 14.4. The fourth-order valence-corrected chi connectivity index (χ4v) is 5.57. The number of hydrogen-bond donors (Lipinski definition) is 2. The van der Waals surface area contributed by atoms with Crippen LogP contribution in [0.25, 0.3) is 22.2 Å². The van der Waals surface area contributed by atoms with E-state index in [0.717, 1.165) is 42.8 Å². The SMILES string of the molecule is C=CC(=O)Nc1cc(Nc2nccc(-c3cn4c5c(c(CC)ccc35)CCC4)n2)c(OC(F)(F)F)cc1N(C)CCN(C)C. The molecule has 0 fully saturated rings. The van der Waals surface area contributed by atoms with Crippen LogP contribution in [-0.2, 0) is 24.2 Å². The average Bonchev–Trinajstić information content (AvgIpc) is 3.37. The lowest BCUT2D eigenvalue weighted by Crippen LogP contribution is -2.29. The van der Waals surface area contributed by atoms with Crippen molar-refractivity contribution in [3.8, 4) is 17.0 Å². The van der Waals surface area contributed by atoms with Crippen LogP contribution in [0.1, 0.15) is 24.5 Å². The number of nitrogens with zero attached hydrogens (tertiary/aromatic N) is 5. The summed E-state index contributed by atoms with van der Waals surface area (Å²) in [5.74, 6) is -0.931. The van der Waals surface area contributed by atoms with Crippen LogP contribution in [0.2, 0.25) is 0 Å². The molecule has 12 heteroatoms. The number of aryl methyl sites for hydroxylation is 3. The average molecular weight is 608 g/mol. The Kier molecular flexibility index (Phi) is 8.82. The number of rotatable bonds is 11. The fourth-order valence-electron chi connectivity index (χ4n) is 5.57. The lowest BCUT2D eigenvalue weighted by molar-refractivity contribution is -0.274. The second kappa shape index (κ2) is 12.6. The van der Waals surface area contributed by atoms with Gasteiger partial charge in [0.25, 0.3) is 0 Å². The topological polar surface area (TPSA) is 87.5 Å². The van der Waals surface area contributed by atoms with Gasteiger partial charge in [-0.3, -0.25) is 4.79 Å². The molecular weight excluding hydrogens is 571 g/mol. The quantitative estimate of drug-likeness (QED) is 0.192. The number of ether oxygens (including phenoxy) is 1. The molecule has 1 aliphatic rings. The van der Waals surface area contributed by atoms with E-state index in [1.165, 1.54) is 28.8 Å². The van der Waals surface area contributed by atoms with Crippen LogP contribution in [0.5, 0.6) is 5.75 Å². The number of nitrogens with one attached hydrogen (secondary N) is 2. The lowest BCUT2D eigenvalue weighted by atomic mass is 9.95. The van der Waals surface area contributed by atoms with Crippen molar-refractivity contribution in [3.05, 3.63) is 66.5 Å². The zero-order valence-corrected chi connectivity index (χ0v) is 25.3. The minimum Gasteiger partial charge on any atom is -0.403 e. The van der Waals surface area contributed by atoms with Gasteiger partial charge in [-0.2, -0.15) is 0 Å². The molecule has 2 N–H and O–H groups in total. The summed E-state index contributed by atoms with van der Waals surface area (Å²) in [6, 6.07) is 8.67. The van der Waals surface area contributed by atoms with E-state index < -0.39 is 18.0 Å². The van der Waals surface area contributed by atoms with Crippen LogP contribution in [0.4, 0.5) is 36.2 Å². The zero-order chi connectivity index (χ0) is 31.6. The molecule has 4 aromatic rings. The fraction of sp³-hybridized carbons (Fsp3) is 0.344. The van der Waals surface area contributed by atoms with Crippen molar-refractivity contribution in [1.82, 2.24) is 19.4 Å². The first kappa shape index (κ1) is 30.9. The Bertz CT molecular complexity index is 1700. The molecule has 2 aromatic carbocycles. The summed E-state index contributed by atoms with van der Waals surface area (Å²) >= 11 is 0. The molecule has 0 atom stereocenters. The minimum absolute atomic E-state index is 0.0705. The molecule has 0 saturated carbocycles. The van der Waals surface area contributed by atoms with Gasteiger partial charge in [0.15, 0.2) is 5.75 Å². The summed E-state index contributed by atoms with van der Waals surface area (Å²) in [5, 5.41) is 6.68. The third kappa shape index (κ3) is 6.65. The van der Waals surface area contributed by atoms with Crippen molar-refractivity contribution in [2.45, 2.75) is 39.1 Å². The highest BCUT2D eigenvalue weighted by atomic mass is 19.4. The van der Waals surface area contributed by atoms with E-state index in [9.17, 15) is 18.0 Å². The molecular formula is C32H36F3N7O2. The van der Waals surface area contributed by atoms with Gasteiger partial charge in [0.2, 0.25) is 11.9 Å². The van der Waals surface area contributed by atoms with E-state index in [-0.39, 0.29) is 17.3 Å². The third-order valence-electron chi connectivity index (χ3n) is 7.69. The Morgan fingerprint density at radius 3 is 2.66 bits per heavy atom. The van der Waals surface area contributed by atoms with Gasteiger partial charge >= 0.3 is 6.36 Å². The summed E-state index contributed by atoms with van der Waals surface area (Å²) in [6.07, 6.45) is 2.79. The molecule has 44 heavy (non-hydrogen) atoms. The van der Waals surface area contributed by atoms with Gasteiger partial charge in [0, 0.05) is 56.1 Å². The van der Waals surface area contributed by atoms with Gasteiger partial charge < -0.3 is 29.7 Å². The number of carbonyl (C=O) groups is 1. The molecule has 0 unspecified atom stereocenters. The highest BCUT2D eigenvalue weighted by Crippen LogP contribution is 2.41. The molecule has 1 aliphatic heterocycles. The number of anilines is 4. The normalized spacial score (nSPS) is 12.8. The molecule has 5 rings (SSSR count). The number of benzene rings is 2. The van der Waals surface area contributed by atoms with E-state index in [1.807, 2.05) is 19.0 Å². The number of halogens is 3. The smallest absolute Gasteiger partial charge is 0.403 e. The van der Waals surface area contributed by atoms with E-state index in [2.05, 4.69) is 61.7 Å². The van der Waals surface area contributed by atoms with Crippen molar-refractivity contribution in [3.63, 3.8) is 0 Å². The second-order valence-corrected chi connectivity index (χ2v) is 11.0. The van der Waals surface area contributed by atoms with E-state index >= 15 is 0 Å². The second-order valence-electron chi connectivity index (χ2n) is 11.0. The molecule has 3 heterocycles. The zero-order valence-electron chi connectivity index (χ0n) is 25.3. The van der Waals surface area contributed by atoms with Crippen molar-refractivity contribution in [2.24, 2.45) is 0 Å². The number of alkyl halides is 3. The van der Waals surface area contributed by atoms with Crippen LogP contribution < -0.4 is 20.3 Å². The maximum absolute atomic E-state index is 13.6. The minimum atomic E-state index is -4.96. The predicted molar refractivity (Wildman–Crippen MR) is 168 cm³/mol. The van der Waals surface area contributed by atoms with Gasteiger partial charge in [0.1, 0.15) is 0 Å². The number of aromatic nitrogens is 3. The van der Waals surface area contributed by atoms with Crippen LogP contribution in [-0.4, -0.2) is 65.9 Å². The first-order valence-electron chi connectivity index (χ1n) is 14.4. The molecule has 0 saturated heterocycles. The Labute approximate surface area is 254 Å². The highest BCUT2D eigenvalue weighted by Gasteiger charge is 2.33. The van der Waals surface area contributed by atoms with Gasteiger partial charge in [-0.1, -0.05) is 25.6 Å². The van der Waals surface area contributed by atoms with E-state index in [1.54, 1.807) is 24.2 Å². The molecule has 2 aromatic heterocycles. The van der Waals surface area contributed by atoms with Gasteiger partial charge in [-0.25, -0.2) is 9.97 Å². The lowest BCUT2D eigenvalue weighted by Gasteiger charge is -2.26. The first-order chi connectivity index (χ1) is 21.0. The molecule has 232 valence electrons. The molecule has 0 spiro atoms. The Balaban J connectivity index is 1.56. The van der Waals surface area contributed by atoms with Crippen molar-refractivity contribution >= 4 is 39.8 Å². The monoisotopic (exact) mass is 607 g/mol. The van der Waals surface area contributed by atoms with Gasteiger partial charge in [0.05, 0.1) is 28.3 Å². The number of carbonyl (C=O) groups excluding carboxylic acids is 1. The largest absolute Gasteiger partial charge is 0.573 e. The van der Waals surface area contributed by atoms with Gasteiger partial charge in [-0.15, -0.1) is 13.2 Å². The number of amides is 1. The van der Waals surface area contributed by atoms with Crippen molar-refractivity contribution < 1.29 is 22.7 Å². The standard InChI is InChI=1S/C32H36F3N7O2/c1-6-20-10-11-22-23(19-42-14-8-9-21(20)30(22)42)24-12-13-36-31(38-24)39-26-17-25(37-29(43)7-2)27(41(5)16-15-40(3)4)18-28(26)44-32(33,34)35/h7,10-13,17-19H,2,6,8-9,14-16H2,1,3-5H3,(H,37,43)(H,36,38,39). The summed E-state index contributed by atoms with van der Waals surface area (Å²) in [7, 11) is 5.50. The van der Waals surface area contributed by atoms with Crippen molar-refractivity contribution in [2.75, 3.05) is 49.8 Å². The Hall–Kier alpha value is -4.58. The Morgan fingerprint density at radius 2 is 1.95 bits per heavy atom. The Morgan fingerprint density at radius 1 is 1.16 bits per heavy atom. The van der Waals surface area contributed by atoms with E-state index in [0.29, 0.717) is 24.5 Å². The number of likely N-dealkylation sites (N-methyl/N-ethyl adjacent to an activating group) is 2. The highest BCUT2D eigenvalue weighted by molar-refractivity contribution is 6.02. The maximum atomic E-state index is 13.6. The summed E-state index contributed by atoms with van der Waals surface area (Å²) in [6.45, 7) is 7.65. The van der Waals surface area contributed by atoms with Crippen LogP contribution in [0.3, 0.4) is 0 Å². The van der Waals surface area contributed by atoms with Crippen LogP contribution >= 0.6 is 0 Å². The third-order valence-corrected chi connectivity index (χ3v) is 7.69. The molecule has 1 amide bonds. The summed E-state index contributed by atoms with van der Waals surface area (Å²) in [4.78, 5) is 25.0. The van der Waals surface area contributed by atoms with Gasteiger partial charge in [-0.05, 0) is 62.7 Å². The predicted octanol–water partition coefficient (Wildman–Crippen LogP) is 6.37. The van der Waals surface area contributed by atoms with E-state index in [4.69, 9.17) is 0 Å². The molecule has 0 aliphatic carbocycles. The number of hydrogen-bond acceptors (Lipinski definition) is 7. The summed E-state index contributed by atoms with van der Waals surface area (Å²) in [5.41, 5.74) is 5.97. The van der Waals surface area contributed by atoms with Crippen LogP contribution in [0.15, 0.2) is 55.4 Å². The maximum Gasteiger partial charge on any atom is 0.573 e. The molecule has 0 bridgehead atoms. The molecule has 9 nitrogen and oxygen atoms in total. The summed E-state index contributed by atoms with van der Waals surface area (Å²) < 4.78 is 47.5. The molecule has 0 radical (unpaired) electrons.